The average Bonchev–Trinajstić information content (AvgIpc) is 3.16. The Morgan fingerprint density at radius 2 is 1.53 bits per heavy atom. The minimum absolute atomic E-state index is 0.0162. The van der Waals surface area contributed by atoms with Gasteiger partial charge in [-0.05, 0) is 105 Å². The van der Waals surface area contributed by atoms with Crippen LogP contribution in [-0.2, 0) is 31.9 Å². The Balaban J connectivity index is 1.19. The molecule has 1 aromatic heterocycles. The lowest BCUT2D eigenvalue weighted by Crippen LogP contribution is -2.52. The predicted molar refractivity (Wildman–Crippen MR) is 212 cm³/mol. The number of allylic oxidation sites excluding steroid dienone is 3. The zero-order valence-corrected chi connectivity index (χ0v) is 31.7. The molecule has 0 saturated heterocycles. The van der Waals surface area contributed by atoms with E-state index in [1.807, 2.05) is 33.8 Å². The molecule has 1 aliphatic carbocycles. The van der Waals surface area contributed by atoms with Gasteiger partial charge in [0.15, 0.2) is 12.2 Å². The second-order valence-electron chi connectivity index (χ2n) is 15.9. The highest BCUT2D eigenvalue weighted by atomic mass is 16.6. The molecule has 7 heteroatoms. The van der Waals surface area contributed by atoms with Gasteiger partial charge in [0.2, 0.25) is 0 Å². The third-order valence-electron chi connectivity index (χ3n) is 11.5. The van der Waals surface area contributed by atoms with Crippen LogP contribution in [0.4, 0.5) is 0 Å². The lowest BCUT2D eigenvalue weighted by Gasteiger charge is -2.43. The summed E-state index contributed by atoms with van der Waals surface area (Å²) in [6.07, 6.45) is 5.24. The van der Waals surface area contributed by atoms with Gasteiger partial charge < -0.3 is 18.6 Å². The van der Waals surface area contributed by atoms with Crippen LogP contribution in [0.15, 0.2) is 136 Å². The molecule has 2 bridgehead atoms. The van der Waals surface area contributed by atoms with E-state index in [4.69, 9.17) is 18.6 Å². The molecule has 5 unspecified atom stereocenters. The molecular weight excluding hydrogens is 689 g/mol. The Morgan fingerprint density at radius 1 is 0.764 bits per heavy atom. The topological polar surface area (TPSA) is 92.0 Å². The Kier molecular flexibility index (Phi) is 9.80. The standard InChI is InChI=1S/C48H46O7/c1-29(2)38-21-15-30-13-16-33(17-14-30)39-22-18-36(35-12-8-11-32(26-35)25-31-9-6-5-7-10-31)27-37(39)28-42(50)53-45-43-40(55-48(3,4)46(45)54-47(38)51)23-19-34-20-24-41(49)52-44(34)43/h5-14,16-20,22-24,26,36-37,39,45-46H,15,21,25,27-28H2,1-4H3. The summed E-state index contributed by atoms with van der Waals surface area (Å²) in [5, 5.41) is 0.637. The fourth-order valence-electron chi connectivity index (χ4n) is 8.57. The summed E-state index contributed by atoms with van der Waals surface area (Å²) >= 11 is 0. The van der Waals surface area contributed by atoms with Crippen molar-refractivity contribution in [1.82, 2.24) is 0 Å². The molecule has 4 aliphatic rings. The molecule has 5 aromatic rings. The molecule has 0 amide bonds. The van der Waals surface area contributed by atoms with Gasteiger partial charge in [-0.2, -0.15) is 0 Å². The van der Waals surface area contributed by atoms with Gasteiger partial charge in [0.05, 0.1) is 5.56 Å². The van der Waals surface area contributed by atoms with Crippen LogP contribution in [-0.4, -0.2) is 23.6 Å². The van der Waals surface area contributed by atoms with Gasteiger partial charge in [-0.15, -0.1) is 0 Å². The van der Waals surface area contributed by atoms with Crippen LogP contribution in [0.2, 0.25) is 0 Å². The Labute approximate surface area is 321 Å². The number of ether oxygens (including phenoxy) is 3. The third kappa shape index (κ3) is 7.53. The maximum atomic E-state index is 14.5. The quantitative estimate of drug-likeness (QED) is 0.0789. The first-order valence-corrected chi connectivity index (χ1v) is 19.2. The van der Waals surface area contributed by atoms with Crippen LogP contribution in [0.5, 0.6) is 5.75 Å². The van der Waals surface area contributed by atoms with Gasteiger partial charge in [0.25, 0.3) is 0 Å². The lowest BCUT2D eigenvalue weighted by atomic mass is 9.72. The van der Waals surface area contributed by atoms with E-state index in [9.17, 15) is 14.4 Å². The summed E-state index contributed by atoms with van der Waals surface area (Å²) in [4.78, 5) is 41.2. The van der Waals surface area contributed by atoms with Crippen molar-refractivity contribution in [1.29, 1.82) is 0 Å². The van der Waals surface area contributed by atoms with Gasteiger partial charge in [-0.25, -0.2) is 9.59 Å². The van der Waals surface area contributed by atoms with E-state index in [1.54, 1.807) is 18.2 Å². The first kappa shape index (κ1) is 36.3. The van der Waals surface area contributed by atoms with E-state index in [1.165, 1.54) is 22.8 Å². The molecule has 0 fully saturated rings. The summed E-state index contributed by atoms with van der Waals surface area (Å²) in [5.41, 5.74) is 6.32. The molecule has 0 radical (unpaired) electrons. The van der Waals surface area contributed by atoms with Crippen LogP contribution in [0, 0.1) is 5.92 Å². The second-order valence-corrected chi connectivity index (χ2v) is 15.9. The zero-order chi connectivity index (χ0) is 38.3. The number of hydrogen-bond donors (Lipinski definition) is 0. The average molecular weight is 735 g/mol. The van der Waals surface area contributed by atoms with Crippen LogP contribution in [0.1, 0.15) is 98.3 Å². The molecule has 5 atom stereocenters. The minimum Gasteiger partial charge on any atom is -0.483 e. The minimum atomic E-state index is -1.10. The zero-order valence-electron chi connectivity index (χ0n) is 31.7. The van der Waals surface area contributed by atoms with Crippen LogP contribution >= 0.6 is 0 Å². The number of esters is 2. The third-order valence-corrected chi connectivity index (χ3v) is 11.5. The highest BCUT2D eigenvalue weighted by Gasteiger charge is 2.50. The van der Waals surface area contributed by atoms with Crippen molar-refractivity contribution in [3.05, 3.63) is 170 Å². The van der Waals surface area contributed by atoms with Gasteiger partial charge in [-0.3, -0.25) is 4.79 Å². The largest absolute Gasteiger partial charge is 0.483 e. The molecule has 4 heterocycles. The van der Waals surface area contributed by atoms with Crippen molar-refractivity contribution in [2.45, 2.75) is 89.4 Å². The summed E-state index contributed by atoms with van der Waals surface area (Å²) in [5.74, 6) is -0.522. The van der Waals surface area contributed by atoms with E-state index in [-0.39, 0.29) is 29.8 Å². The smallest absolute Gasteiger partial charge is 0.336 e. The first-order chi connectivity index (χ1) is 26.5. The van der Waals surface area contributed by atoms with Crippen LogP contribution in [0.25, 0.3) is 11.0 Å². The monoisotopic (exact) mass is 734 g/mol. The molecule has 4 aromatic carbocycles. The second kappa shape index (κ2) is 14.9. The fourth-order valence-corrected chi connectivity index (χ4v) is 8.57. The van der Waals surface area contributed by atoms with E-state index < -0.39 is 35.4 Å². The SMILES string of the molecule is CC(C)=C1CCc2ccc(cc2)C2C=CC(c3cccc(Cc4ccccc4)c3)CC2CC(=O)OC2c3c(ccc4ccc(=O)oc34)OC(C)(C)C2OC1=O. The molecular formula is C48H46O7. The highest BCUT2D eigenvalue weighted by molar-refractivity contribution is 5.90. The fraction of sp³-hybridized carbons (Fsp3) is 0.312. The number of hydrogen-bond acceptors (Lipinski definition) is 7. The Hall–Kier alpha value is -5.69. The molecule has 7 nitrogen and oxygen atoms in total. The number of carbonyl (C=O) groups is 2. The molecule has 280 valence electrons. The molecule has 3 aliphatic heterocycles. The number of benzene rings is 4. The summed E-state index contributed by atoms with van der Waals surface area (Å²) in [6, 6.07) is 34.4. The van der Waals surface area contributed by atoms with Crippen molar-refractivity contribution in [2.75, 3.05) is 0 Å². The van der Waals surface area contributed by atoms with E-state index in [2.05, 4.69) is 84.9 Å². The predicted octanol–water partition coefficient (Wildman–Crippen LogP) is 9.87. The summed E-state index contributed by atoms with van der Waals surface area (Å²) < 4.78 is 25.1. The number of rotatable bonds is 3. The van der Waals surface area contributed by atoms with Crippen molar-refractivity contribution < 1.29 is 28.2 Å². The van der Waals surface area contributed by atoms with E-state index in [0.717, 1.165) is 29.5 Å². The molecule has 0 N–H and O–H groups in total. The van der Waals surface area contributed by atoms with Gasteiger partial charge in [-0.1, -0.05) is 96.6 Å². The first-order valence-electron chi connectivity index (χ1n) is 19.2. The van der Waals surface area contributed by atoms with Crippen molar-refractivity contribution in [3.63, 3.8) is 0 Å². The maximum absolute atomic E-state index is 14.5. The van der Waals surface area contributed by atoms with Gasteiger partial charge in [0.1, 0.15) is 16.9 Å². The normalized spacial score (nSPS) is 23.5. The Bertz CT molecular complexity index is 2360. The summed E-state index contributed by atoms with van der Waals surface area (Å²) in [7, 11) is 0. The van der Waals surface area contributed by atoms with Gasteiger partial charge >= 0.3 is 17.6 Å². The maximum Gasteiger partial charge on any atom is 0.336 e. The van der Waals surface area contributed by atoms with E-state index >= 15 is 0 Å². The Morgan fingerprint density at radius 3 is 2.31 bits per heavy atom. The van der Waals surface area contributed by atoms with E-state index in [0.29, 0.717) is 35.1 Å². The van der Waals surface area contributed by atoms with Crippen LogP contribution < -0.4 is 10.4 Å². The highest BCUT2D eigenvalue weighted by Crippen LogP contribution is 2.48. The van der Waals surface area contributed by atoms with Crippen molar-refractivity contribution in [3.8, 4) is 5.75 Å². The van der Waals surface area contributed by atoms with Gasteiger partial charge in [0, 0.05) is 35.3 Å². The van der Waals surface area contributed by atoms with Crippen LogP contribution in [0.3, 0.4) is 0 Å². The van der Waals surface area contributed by atoms with Crippen molar-refractivity contribution >= 4 is 22.9 Å². The number of carbonyl (C=O) groups excluding carboxylic acids is 2. The lowest BCUT2D eigenvalue weighted by molar-refractivity contribution is -0.188. The molecule has 0 saturated carbocycles. The molecule has 9 rings (SSSR count). The number of aryl methyl sites for hydroxylation is 1. The van der Waals surface area contributed by atoms with Crippen molar-refractivity contribution in [2.24, 2.45) is 5.92 Å². The molecule has 55 heavy (non-hydrogen) atoms. The molecule has 0 spiro atoms. The number of fused-ring (bicyclic) bond motifs is 11. The summed E-state index contributed by atoms with van der Waals surface area (Å²) in [6.45, 7) is 7.44.